The van der Waals surface area contributed by atoms with Crippen molar-refractivity contribution in [2.24, 2.45) is 7.05 Å². The van der Waals surface area contributed by atoms with Gasteiger partial charge in [-0.05, 0) is 49.2 Å². The molecular formula is C30H29FN4O5. The quantitative estimate of drug-likeness (QED) is 0.264. The van der Waals surface area contributed by atoms with Crippen molar-refractivity contribution in [2.75, 3.05) is 5.32 Å². The summed E-state index contributed by atoms with van der Waals surface area (Å²) >= 11 is 0. The second-order valence-corrected chi connectivity index (χ2v) is 9.29. The molecule has 0 radical (unpaired) electrons. The summed E-state index contributed by atoms with van der Waals surface area (Å²) in [4.78, 5) is 37.3. The highest BCUT2D eigenvalue weighted by atomic mass is 19.1. The van der Waals surface area contributed by atoms with Crippen molar-refractivity contribution in [1.82, 2.24) is 15.1 Å². The van der Waals surface area contributed by atoms with Gasteiger partial charge in [0.2, 0.25) is 0 Å². The number of hydrogen-bond donors (Lipinski definition) is 3. The van der Waals surface area contributed by atoms with Gasteiger partial charge in [0.05, 0.1) is 11.4 Å². The van der Waals surface area contributed by atoms with Crippen molar-refractivity contribution in [1.29, 1.82) is 0 Å². The topological polar surface area (TPSA) is 123 Å². The Bertz CT molecular complexity index is 1500. The van der Waals surface area contributed by atoms with E-state index in [-0.39, 0.29) is 12.0 Å². The molecule has 4 rings (SSSR count). The smallest absolute Gasteiger partial charge is 0.412 e. The van der Waals surface area contributed by atoms with Gasteiger partial charge in [0.1, 0.15) is 23.7 Å². The van der Waals surface area contributed by atoms with Gasteiger partial charge >= 0.3 is 12.1 Å². The van der Waals surface area contributed by atoms with Gasteiger partial charge < -0.3 is 15.2 Å². The number of anilines is 1. The van der Waals surface area contributed by atoms with E-state index in [1.807, 2.05) is 37.3 Å². The Morgan fingerprint density at radius 3 is 2.27 bits per heavy atom. The Morgan fingerprint density at radius 2 is 1.65 bits per heavy atom. The Balaban J connectivity index is 1.46. The molecule has 0 saturated heterocycles. The maximum Gasteiger partial charge on any atom is 0.412 e. The number of carboxylic acid groups (broad SMARTS) is 1. The minimum absolute atomic E-state index is 0.000662. The molecule has 206 valence electrons. The van der Waals surface area contributed by atoms with E-state index in [2.05, 4.69) is 15.7 Å². The molecule has 0 aliphatic heterocycles. The summed E-state index contributed by atoms with van der Waals surface area (Å²) in [7, 11) is 1.75. The molecule has 3 N–H and O–H groups in total. The normalized spacial score (nSPS) is 12.3. The first-order valence-corrected chi connectivity index (χ1v) is 12.6. The molecule has 0 spiro atoms. The van der Waals surface area contributed by atoms with Crippen LogP contribution in [0.3, 0.4) is 0 Å². The van der Waals surface area contributed by atoms with Gasteiger partial charge in [-0.15, -0.1) is 0 Å². The van der Waals surface area contributed by atoms with Crippen LogP contribution < -0.4 is 10.6 Å². The molecule has 9 nitrogen and oxygen atoms in total. The number of aliphatic carboxylic acids is 1. The number of amides is 2. The summed E-state index contributed by atoms with van der Waals surface area (Å²) in [5.41, 5.74) is 3.96. The van der Waals surface area contributed by atoms with Gasteiger partial charge in [-0.25, -0.2) is 14.0 Å². The van der Waals surface area contributed by atoms with Crippen LogP contribution in [0.4, 0.5) is 14.9 Å². The van der Waals surface area contributed by atoms with E-state index in [1.54, 1.807) is 42.9 Å². The molecule has 2 atom stereocenters. The molecule has 0 fully saturated rings. The Hall–Kier alpha value is -4.99. The lowest BCUT2D eigenvalue weighted by molar-refractivity contribution is -0.139. The highest BCUT2D eigenvalue weighted by Crippen LogP contribution is 2.30. The lowest BCUT2D eigenvalue weighted by atomic mass is 10.0. The standard InChI is InChI=1S/C30H29FN4O5/c1-18-26(33-30(39)40-19(2)21-7-5-4-6-8-21)27(34-35(18)3)22-11-13-23(14-12-22)28(36)32-25(29(37)38)17-20-9-15-24(31)16-10-20/h4-16,19,25H,17H2,1-3H3,(H,32,36)(H,33,39)(H,37,38)/t19?,25-/m1/s1. The summed E-state index contributed by atoms with van der Waals surface area (Å²) in [6.45, 7) is 3.59. The molecule has 4 aromatic rings. The average molecular weight is 545 g/mol. The summed E-state index contributed by atoms with van der Waals surface area (Å²) in [6, 6.07) is 20.0. The van der Waals surface area contributed by atoms with Crippen LogP contribution in [0, 0.1) is 12.7 Å². The summed E-state index contributed by atoms with van der Waals surface area (Å²) in [6.07, 6.45) is -1.09. The summed E-state index contributed by atoms with van der Waals surface area (Å²) in [5, 5.41) is 19.4. The van der Waals surface area contributed by atoms with Crippen LogP contribution in [-0.2, 0) is 23.0 Å². The predicted octanol–water partition coefficient (Wildman–Crippen LogP) is 5.27. The molecular weight excluding hydrogens is 515 g/mol. The van der Waals surface area contributed by atoms with Gasteiger partial charge in [0.15, 0.2) is 0 Å². The van der Waals surface area contributed by atoms with Crippen molar-refractivity contribution in [2.45, 2.75) is 32.4 Å². The van der Waals surface area contributed by atoms with Crippen molar-refractivity contribution < 1.29 is 28.6 Å². The molecule has 0 aliphatic carbocycles. The van der Waals surface area contributed by atoms with Crippen LogP contribution in [0.15, 0.2) is 78.9 Å². The zero-order valence-corrected chi connectivity index (χ0v) is 22.2. The zero-order chi connectivity index (χ0) is 28.8. The third kappa shape index (κ3) is 6.71. The molecule has 3 aromatic carbocycles. The number of nitrogens with zero attached hydrogens (tertiary/aromatic N) is 2. The van der Waals surface area contributed by atoms with Gasteiger partial charge in [-0.3, -0.25) is 14.8 Å². The highest BCUT2D eigenvalue weighted by molar-refractivity contribution is 5.97. The number of benzene rings is 3. The SMILES string of the molecule is Cc1c(NC(=O)OC(C)c2ccccc2)c(-c2ccc(C(=O)N[C@H](Cc3ccc(F)cc3)C(=O)O)cc2)nn1C. The third-order valence-corrected chi connectivity index (χ3v) is 6.49. The number of hydrogen-bond acceptors (Lipinski definition) is 5. The maximum absolute atomic E-state index is 13.2. The van der Waals surface area contributed by atoms with E-state index in [0.29, 0.717) is 28.2 Å². The first-order chi connectivity index (χ1) is 19.1. The number of carboxylic acids is 1. The number of carbonyl (C=O) groups excluding carboxylic acids is 2. The molecule has 1 heterocycles. The predicted molar refractivity (Wildman–Crippen MR) is 147 cm³/mol. The van der Waals surface area contributed by atoms with Crippen LogP contribution in [0.5, 0.6) is 0 Å². The van der Waals surface area contributed by atoms with Crippen molar-refractivity contribution in [3.05, 3.63) is 107 Å². The first-order valence-electron chi connectivity index (χ1n) is 12.6. The van der Waals surface area contributed by atoms with Crippen LogP contribution in [0.1, 0.15) is 40.2 Å². The van der Waals surface area contributed by atoms with Gasteiger partial charge in [0, 0.05) is 24.6 Å². The number of halogens is 1. The van der Waals surface area contributed by atoms with Crippen molar-refractivity contribution in [3.63, 3.8) is 0 Å². The van der Waals surface area contributed by atoms with E-state index in [9.17, 15) is 23.9 Å². The average Bonchev–Trinajstić information content (AvgIpc) is 3.22. The van der Waals surface area contributed by atoms with Gasteiger partial charge in [-0.1, -0.05) is 54.6 Å². The van der Waals surface area contributed by atoms with E-state index >= 15 is 0 Å². The number of nitrogens with one attached hydrogen (secondary N) is 2. The Kier molecular flexibility index (Phi) is 8.58. The highest BCUT2D eigenvalue weighted by Gasteiger charge is 2.23. The fourth-order valence-electron chi connectivity index (χ4n) is 4.12. The molecule has 0 bridgehead atoms. The van der Waals surface area contributed by atoms with Gasteiger partial charge in [0.25, 0.3) is 5.91 Å². The first kappa shape index (κ1) is 28.0. The lowest BCUT2D eigenvalue weighted by Gasteiger charge is -2.15. The molecule has 2 amide bonds. The summed E-state index contributed by atoms with van der Waals surface area (Å²) in [5.74, 6) is -2.21. The molecule has 1 unspecified atom stereocenters. The molecule has 0 saturated carbocycles. The van der Waals surface area contributed by atoms with E-state index < -0.39 is 35.9 Å². The number of carbonyl (C=O) groups is 3. The molecule has 0 aliphatic rings. The van der Waals surface area contributed by atoms with Crippen molar-refractivity contribution >= 4 is 23.7 Å². The lowest BCUT2D eigenvalue weighted by Crippen LogP contribution is -2.42. The second kappa shape index (κ2) is 12.2. The number of aryl methyl sites for hydroxylation is 1. The minimum atomic E-state index is -1.21. The van der Waals surface area contributed by atoms with Crippen molar-refractivity contribution in [3.8, 4) is 11.3 Å². The minimum Gasteiger partial charge on any atom is -0.480 e. The van der Waals surface area contributed by atoms with Gasteiger partial charge in [-0.2, -0.15) is 5.10 Å². The van der Waals surface area contributed by atoms with Crippen LogP contribution in [0.2, 0.25) is 0 Å². The monoisotopic (exact) mass is 544 g/mol. The van der Waals surface area contributed by atoms with E-state index in [4.69, 9.17) is 4.74 Å². The molecule has 1 aromatic heterocycles. The van der Waals surface area contributed by atoms with Crippen LogP contribution in [0.25, 0.3) is 11.3 Å². The fourth-order valence-corrected chi connectivity index (χ4v) is 4.12. The van der Waals surface area contributed by atoms with Crippen LogP contribution >= 0.6 is 0 Å². The van der Waals surface area contributed by atoms with Crippen LogP contribution in [-0.4, -0.2) is 38.9 Å². The zero-order valence-electron chi connectivity index (χ0n) is 22.2. The third-order valence-electron chi connectivity index (χ3n) is 6.49. The Labute approximate surface area is 230 Å². The Morgan fingerprint density at radius 1 is 1.00 bits per heavy atom. The largest absolute Gasteiger partial charge is 0.480 e. The number of aromatic nitrogens is 2. The van der Waals surface area contributed by atoms with E-state index in [1.165, 1.54) is 24.3 Å². The number of ether oxygens (including phenoxy) is 1. The van der Waals surface area contributed by atoms with E-state index in [0.717, 1.165) is 5.56 Å². The molecule has 10 heteroatoms. The molecule has 40 heavy (non-hydrogen) atoms. The maximum atomic E-state index is 13.2. The summed E-state index contributed by atoms with van der Waals surface area (Å²) < 4.78 is 20.3. The number of rotatable bonds is 9. The second-order valence-electron chi connectivity index (χ2n) is 9.29. The fraction of sp³-hybridized carbons (Fsp3) is 0.200.